The topological polar surface area (TPSA) is 116 Å². The second-order valence-corrected chi connectivity index (χ2v) is 9.95. The number of carbonyl (C=O) groups excluding carboxylic acids is 1. The van der Waals surface area contributed by atoms with Gasteiger partial charge in [-0.05, 0) is 18.2 Å². The van der Waals surface area contributed by atoms with Crippen molar-refractivity contribution in [1.29, 1.82) is 0 Å². The van der Waals surface area contributed by atoms with E-state index < -0.39 is 10.0 Å². The molecule has 9 nitrogen and oxygen atoms in total. The Morgan fingerprint density at radius 1 is 1.16 bits per heavy atom. The van der Waals surface area contributed by atoms with Crippen molar-refractivity contribution in [2.75, 3.05) is 32.4 Å². The zero-order valence-corrected chi connectivity index (χ0v) is 18.2. The molecule has 0 saturated carbocycles. The van der Waals surface area contributed by atoms with Crippen molar-refractivity contribution in [3.05, 3.63) is 59.0 Å². The minimum Gasteiger partial charge on any atom is -0.507 e. The first-order valence-electron chi connectivity index (χ1n) is 10.2. The average molecular weight is 455 g/mol. The van der Waals surface area contributed by atoms with Crippen LogP contribution in [0.3, 0.4) is 0 Å². The number of piperazine rings is 1. The molecule has 1 saturated heterocycles. The van der Waals surface area contributed by atoms with Gasteiger partial charge >= 0.3 is 0 Å². The van der Waals surface area contributed by atoms with Crippen molar-refractivity contribution in [1.82, 2.24) is 19.4 Å². The van der Waals surface area contributed by atoms with Crippen molar-refractivity contribution < 1.29 is 23.1 Å². The number of H-pyrrole nitrogens is 1. The molecule has 3 heterocycles. The summed E-state index contributed by atoms with van der Waals surface area (Å²) in [4.78, 5) is 15.0. The van der Waals surface area contributed by atoms with Gasteiger partial charge in [-0.3, -0.25) is 14.8 Å². The molecule has 1 fully saturated rings. The largest absolute Gasteiger partial charge is 0.507 e. The highest BCUT2D eigenvalue weighted by Crippen LogP contribution is 2.40. The quantitative estimate of drug-likeness (QED) is 0.579. The number of allylic oxidation sites excluding steroid dienone is 1. The molecule has 0 bridgehead atoms. The van der Waals surface area contributed by atoms with Crippen molar-refractivity contribution in [3.63, 3.8) is 0 Å². The van der Waals surface area contributed by atoms with Gasteiger partial charge in [-0.15, -0.1) is 0 Å². The lowest BCUT2D eigenvalue weighted by Crippen LogP contribution is -2.47. The second kappa shape index (κ2) is 7.73. The Morgan fingerprint density at radius 2 is 1.91 bits per heavy atom. The van der Waals surface area contributed by atoms with E-state index in [1.807, 2.05) is 29.2 Å². The van der Waals surface area contributed by atoms with E-state index in [1.54, 1.807) is 12.1 Å². The number of nitrogens with one attached hydrogen (secondary N) is 1. The number of aromatic nitrogens is 2. The minimum absolute atomic E-state index is 0.0357. The molecule has 0 amide bonds. The lowest BCUT2D eigenvalue weighted by atomic mass is 10.0. The van der Waals surface area contributed by atoms with E-state index in [0.717, 1.165) is 10.9 Å². The third-order valence-corrected chi connectivity index (χ3v) is 7.17. The molecular formula is C22H22N4O5S. The SMILES string of the molecule is CS(=O)(=O)N1CCN(Cc2c(O)ccc3c2OC(=Cc2n[nH]c4ccccc24)C3=O)CC1. The number of benzene rings is 2. The van der Waals surface area contributed by atoms with Crippen molar-refractivity contribution in [2.24, 2.45) is 0 Å². The Morgan fingerprint density at radius 3 is 2.66 bits per heavy atom. The standard InChI is InChI=1S/C22H22N4O5S/c1-32(29,30)26-10-8-25(9-11-26)13-16-19(27)7-6-15-21(28)20(31-22(15)16)12-18-14-4-2-3-5-17(14)23-24-18/h2-7,12,27H,8-11,13H2,1H3,(H,23,24). The summed E-state index contributed by atoms with van der Waals surface area (Å²) in [5.41, 5.74) is 2.35. The van der Waals surface area contributed by atoms with Crippen molar-refractivity contribution in [3.8, 4) is 11.5 Å². The monoisotopic (exact) mass is 454 g/mol. The van der Waals surface area contributed by atoms with Crippen molar-refractivity contribution >= 4 is 32.8 Å². The molecule has 2 aromatic carbocycles. The van der Waals surface area contributed by atoms with Crippen LogP contribution >= 0.6 is 0 Å². The van der Waals surface area contributed by atoms with E-state index >= 15 is 0 Å². The maximum atomic E-state index is 13.0. The summed E-state index contributed by atoms with van der Waals surface area (Å²) in [6.07, 6.45) is 2.81. The van der Waals surface area contributed by atoms with E-state index in [-0.39, 0.29) is 17.3 Å². The van der Waals surface area contributed by atoms with Crippen LogP contribution in [-0.2, 0) is 16.6 Å². The van der Waals surface area contributed by atoms with Gasteiger partial charge in [0.1, 0.15) is 11.5 Å². The van der Waals surface area contributed by atoms with Gasteiger partial charge in [0.15, 0.2) is 5.76 Å². The fraction of sp³-hybridized carbons (Fsp3) is 0.273. The van der Waals surface area contributed by atoms with Crippen LogP contribution in [0.2, 0.25) is 0 Å². The minimum atomic E-state index is -3.22. The van der Waals surface area contributed by atoms with Crippen LogP contribution in [0.25, 0.3) is 17.0 Å². The molecule has 32 heavy (non-hydrogen) atoms. The van der Waals surface area contributed by atoms with Gasteiger partial charge in [-0.2, -0.15) is 9.40 Å². The molecule has 2 N–H and O–H groups in total. The van der Waals surface area contributed by atoms with Gasteiger partial charge in [0.05, 0.1) is 28.6 Å². The third kappa shape index (κ3) is 3.66. The molecule has 1 aromatic heterocycles. The molecule has 5 rings (SSSR count). The Balaban J connectivity index is 1.41. The highest BCUT2D eigenvalue weighted by Gasteiger charge is 2.33. The summed E-state index contributed by atoms with van der Waals surface area (Å²) in [7, 11) is -3.22. The number of ketones is 1. The number of sulfonamides is 1. The van der Waals surface area contributed by atoms with Gasteiger partial charge in [0.2, 0.25) is 15.8 Å². The first-order valence-corrected chi connectivity index (χ1v) is 12.1. The number of phenolic OH excluding ortho intramolecular Hbond substituents is 1. The number of ether oxygens (including phenoxy) is 1. The smallest absolute Gasteiger partial charge is 0.232 e. The molecule has 0 atom stereocenters. The zero-order valence-electron chi connectivity index (χ0n) is 17.4. The third-order valence-electron chi connectivity index (χ3n) is 5.87. The van der Waals surface area contributed by atoms with Gasteiger partial charge in [-0.1, -0.05) is 18.2 Å². The molecule has 0 unspecified atom stereocenters. The zero-order chi connectivity index (χ0) is 22.5. The van der Waals surface area contributed by atoms with Gasteiger partial charge < -0.3 is 9.84 Å². The summed E-state index contributed by atoms with van der Waals surface area (Å²) in [5.74, 6) is 0.251. The molecule has 10 heteroatoms. The molecule has 3 aromatic rings. The van der Waals surface area contributed by atoms with Crippen LogP contribution in [-0.4, -0.2) is 71.1 Å². The Labute approximate surface area is 185 Å². The van der Waals surface area contributed by atoms with Gasteiger partial charge in [-0.25, -0.2) is 8.42 Å². The number of aromatic hydroxyl groups is 1. The normalized spacial score (nSPS) is 18.9. The predicted octanol–water partition coefficient (Wildman–Crippen LogP) is 1.96. The maximum absolute atomic E-state index is 13.0. The number of nitrogens with zero attached hydrogens (tertiary/aromatic N) is 3. The van der Waals surface area contributed by atoms with Crippen LogP contribution in [0.5, 0.6) is 11.5 Å². The first-order chi connectivity index (χ1) is 15.3. The number of rotatable bonds is 4. The molecule has 0 radical (unpaired) electrons. The van der Waals surface area contributed by atoms with Crippen LogP contribution < -0.4 is 4.74 Å². The summed E-state index contributed by atoms with van der Waals surface area (Å²) in [6.45, 7) is 2.15. The van der Waals surface area contributed by atoms with Gasteiger partial charge in [0, 0.05) is 44.2 Å². The Hall–Kier alpha value is -3.21. The summed E-state index contributed by atoms with van der Waals surface area (Å²) >= 11 is 0. The van der Waals surface area contributed by atoms with Crippen molar-refractivity contribution in [2.45, 2.75) is 6.54 Å². The Kier molecular flexibility index (Phi) is 5.00. The number of phenols is 1. The Bertz CT molecular complexity index is 1350. The van der Waals surface area contributed by atoms with Crippen LogP contribution in [0.4, 0.5) is 0 Å². The van der Waals surface area contributed by atoms with Crippen LogP contribution in [0.1, 0.15) is 21.6 Å². The second-order valence-electron chi connectivity index (χ2n) is 7.97. The predicted molar refractivity (Wildman–Crippen MR) is 119 cm³/mol. The summed E-state index contributed by atoms with van der Waals surface area (Å²) < 4.78 is 30.9. The molecule has 166 valence electrons. The fourth-order valence-corrected chi connectivity index (χ4v) is 4.94. The number of Topliss-reactive ketones (excluding diaryl/α,β-unsaturated/α-hetero) is 1. The first kappa shape index (κ1) is 20.7. The van der Waals surface area contributed by atoms with Crippen LogP contribution in [0, 0.1) is 0 Å². The van der Waals surface area contributed by atoms with Gasteiger partial charge in [0.25, 0.3) is 0 Å². The summed E-state index contributed by atoms with van der Waals surface area (Å²) in [6, 6.07) is 10.7. The van der Waals surface area contributed by atoms with E-state index in [9.17, 15) is 18.3 Å². The number of fused-ring (bicyclic) bond motifs is 2. The highest BCUT2D eigenvalue weighted by molar-refractivity contribution is 7.88. The fourth-order valence-electron chi connectivity index (χ4n) is 4.11. The molecule has 0 spiro atoms. The van der Waals surface area contributed by atoms with E-state index in [2.05, 4.69) is 10.2 Å². The average Bonchev–Trinajstić information content (AvgIpc) is 3.32. The molecular weight excluding hydrogens is 432 g/mol. The highest BCUT2D eigenvalue weighted by atomic mass is 32.2. The van der Waals surface area contributed by atoms with E-state index in [0.29, 0.717) is 55.3 Å². The molecule has 0 aliphatic carbocycles. The number of hydrogen-bond acceptors (Lipinski definition) is 7. The lowest BCUT2D eigenvalue weighted by Gasteiger charge is -2.33. The van der Waals surface area contributed by atoms with Crippen LogP contribution in [0.15, 0.2) is 42.2 Å². The number of carbonyl (C=O) groups is 1. The maximum Gasteiger partial charge on any atom is 0.232 e. The van der Waals surface area contributed by atoms with E-state index in [1.165, 1.54) is 16.6 Å². The summed E-state index contributed by atoms with van der Waals surface area (Å²) in [5, 5.41) is 18.6. The molecule has 2 aliphatic heterocycles. The number of para-hydroxylation sites is 1. The van der Waals surface area contributed by atoms with E-state index in [4.69, 9.17) is 4.74 Å². The number of hydrogen-bond donors (Lipinski definition) is 2. The number of aromatic amines is 1. The molecule has 2 aliphatic rings. The lowest BCUT2D eigenvalue weighted by molar-refractivity contribution is 0.101.